The third kappa shape index (κ3) is 2.78. The zero-order valence-electron chi connectivity index (χ0n) is 14.1. The maximum Gasteiger partial charge on any atom is 0.274 e. The average Bonchev–Trinajstić information content (AvgIpc) is 2.89. The smallest absolute Gasteiger partial charge is 0.274 e. The van der Waals surface area contributed by atoms with Gasteiger partial charge in [-0.1, -0.05) is 6.07 Å². The van der Waals surface area contributed by atoms with Gasteiger partial charge in [-0.05, 0) is 37.6 Å². The van der Waals surface area contributed by atoms with Crippen LogP contribution in [0.4, 0.5) is 5.69 Å². The van der Waals surface area contributed by atoms with Crippen molar-refractivity contribution >= 4 is 17.2 Å². The van der Waals surface area contributed by atoms with Gasteiger partial charge >= 0.3 is 0 Å². The van der Waals surface area contributed by atoms with E-state index in [2.05, 4.69) is 10.3 Å². The van der Waals surface area contributed by atoms with Crippen LogP contribution in [-0.2, 0) is 0 Å². The Bertz CT molecular complexity index is 915. The Kier molecular flexibility index (Phi) is 4.12. The molecule has 2 aromatic heterocycles. The molecule has 0 spiro atoms. The minimum atomic E-state index is -0.224. The van der Waals surface area contributed by atoms with Gasteiger partial charge in [-0.2, -0.15) is 0 Å². The third-order valence-corrected chi connectivity index (χ3v) is 3.80. The molecule has 1 amide bonds. The molecule has 6 heteroatoms. The molecule has 124 valence electrons. The number of hydrogen-bond acceptors (Lipinski definition) is 4. The number of ether oxygens (including phenoxy) is 2. The molecular weight excluding hydrogens is 306 g/mol. The fraction of sp³-hybridized carbons (Fsp3) is 0.222. The lowest BCUT2D eigenvalue weighted by atomic mass is 10.2. The molecule has 6 nitrogen and oxygen atoms in total. The first kappa shape index (κ1) is 15.9. The number of methoxy groups -OCH3 is 2. The Morgan fingerprint density at radius 3 is 2.54 bits per heavy atom. The first-order valence-electron chi connectivity index (χ1n) is 7.52. The van der Waals surface area contributed by atoms with Gasteiger partial charge in [0.25, 0.3) is 5.91 Å². The fourth-order valence-corrected chi connectivity index (χ4v) is 2.65. The number of fused-ring (bicyclic) bond motifs is 1. The molecule has 0 aliphatic heterocycles. The molecule has 0 fully saturated rings. The summed E-state index contributed by atoms with van der Waals surface area (Å²) in [5, 5.41) is 2.89. The topological polar surface area (TPSA) is 64.9 Å². The number of hydrogen-bond donors (Lipinski definition) is 1. The summed E-state index contributed by atoms with van der Waals surface area (Å²) >= 11 is 0. The number of carbonyl (C=O) groups excluding carboxylic acids is 1. The van der Waals surface area contributed by atoms with E-state index in [1.54, 1.807) is 36.8 Å². The van der Waals surface area contributed by atoms with E-state index < -0.39 is 0 Å². The molecule has 24 heavy (non-hydrogen) atoms. The number of pyridine rings is 1. The van der Waals surface area contributed by atoms with Crippen molar-refractivity contribution < 1.29 is 14.3 Å². The lowest BCUT2D eigenvalue weighted by Gasteiger charge is -2.11. The SMILES string of the molecule is COc1ccc(NC(=O)c2c(C)nc3ccc(C)cn23)cc1OC. The van der Waals surface area contributed by atoms with Crippen molar-refractivity contribution in [3.8, 4) is 11.5 Å². The standard InChI is InChI=1S/C18H19N3O3/c1-11-5-8-16-19-12(2)17(21(16)10-11)18(22)20-13-6-7-14(23-3)15(9-13)24-4/h5-10H,1-4H3,(H,20,22). The van der Waals surface area contributed by atoms with E-state index in [-0.39, 0.29) is 5.91 Å². The normalized spacial score (nSPS) is 10.7. The van der Waals surface area contributed by atoms with Crippen LogP contribution < -0.4 is 14.8 Å². The maximum absolute atomic E-state index is 12.7. The number of carbonyl (C=O) groups is 1. The lowest BCUT2D eigenvalue weighted by molar-refractivity contribution is 0.102. The monoisotopic (exact) mass is 325 g/mol. The molecule has 3 rings (SSSR count). The zero-order valence-corrected chi connectivity index (χ0v) is 14.1. The zero-order chi connectivity index (χ0) is 17.3. The van der Waals surface area contributed by atoms with Crippen molar-refractivity contribution in [1.29, 1.82) is 0 Å². The largest absolute Gasteiger partial charge is 0.493 e. The molecule has 1 N–H and O–H groups in total. The molecule has 2 heterocycles. The van der Waals surface area contributed by atoms with Gasteiger partial charge in [0.05, 0.1) is 19.9 Å². The molecular formula is C18H19N3O3. The second kappa shape index (κ2) is 6.23. The number of rotatable bonds is 4. The number of aryl methyl sites for hydroxylation is 2. The third-order valence-electron chi connectivity index (χ3n) is 3.80. The molecule has 0 saturated carbocycles. The van der Waals surface area contributed by atoms with Crippen LogP contribution in [0.1, 0.15) is 21.7 Å². The summed E-state index contributed by atoms with van der Waals surface area (Å²) in [7, 11) is 3.13. The molecule has 0 radical (unpaired) electrons. The molecule has 0 aliphatic rings. The molecule has 1 aromatic carbocycles. The molecule has 3 aromatic rings. The summed E-state index contributed by atoms with van der Waals surface area (Å²) in [5.41, 5.74) is 3.62. The van der Waals surface area contributed by atoms with E-state index in [0.29, 0.717) is 28.6 Å². The minimum Gasteiger partial charge on any atom is -0.493 e. The highest BCUT2D eigenvalue weighted by molar-refractivity contribution is 6.04. The Labute approximate surface area is 140 Å². The lowest BCUT2D eigenvalue weighted by Crippen LogP contribution is -2.15. The summed E-state index contributed by atoms with van der Waals surface area (Å²) in [6.07, 6.45) is 1.90. The van der Waals surface area contributed by atoms with E-state index in [1.165, 1.54) is 0 Å². The first-order valence-corrected chi connectivity index (χ1v) is 7.52. The number of aromatic nitrogens is 2. The number of imidazole rings is 1. The van der Waals surface area contributed by atoms with Gasteiger partial charge in [0.1, 0.15) is 11.3 Å². The van der Waals surface area contributed by atoms with Gasteiger partial charge in [-0.15, -0.1) is 0 Å². The molecule has 0 aliphatic carbocycles. The van der Waals surface area contributed by atoms with E-state index in [4.69, 9.17) is 9.47 Å². The summed E-state index contributed by atoms with van der Waals surface area (Å²) in [6, 6.07) is 9.11. The quantitative estimate of drug-likeness (QED) is 0.800. The van der Waals surface area contributed by atoms with Crippen LogP contribution in [-0.4, -0.2) is 29.5 Å². The van der Waals surface area contributed by atoms with Gasteiger partial charge in [-0.25, -0.2) is 4.98 Å². The second-order valence-corrected chi connectivity index (χ2v) is 5.50. The predicted octanol–water partition coefficient (Wildman–Crippen LogP) is 3.22. The molecule has 0 unspecified atom stereocenters. The first-order chi connectivity index (χ1) is 11.5. The molecule has 0 bridgehead atoms. The van der Waals surface area contributed by atoms with E-state index >= 15 is 0 Å². The van der Waals surface area contributed by atoms with E-state index in [9.17, 15) is 4.79 Å². The summed E-state index contributed by atoms with van der Waals surface area (Å²) in [5.74, 6) is 0.941. The Morgan fingerprint density at radius 2 is 1.83 bits per heavy atom. The van der Waals surface area contributed by atoms with Crippen LogP contribution in [0.25, 0.3) is 5.65 Å². The van der Waals surface area contributed by atoms with Crippen LogP contribution in [0.5, 0.6) is 11.5 Å². The van der Waals surface area contributed by atoms with E-state index in [1.807, 2.05) is 32.2 Å². The van der Waals surface area contributed by atoms with Crippen LogP contribution in [0.3, 0.4) is 0 Å². The fourth-order valence-electron chi connectivity index (χ4n) is 2.65. The van der Waals surface area contributed by atoms with Crippen molar-refractivity contribution in [3.63, 3.8) is 0 Å². The Balaban J connectivity index is 1.96. The predicted molar refractivity (Wildman–Crippen MR) is 92.2 cm³/mol. The molecule has 0 atom stereocenters. The Morgan fingerprint density at radius 1 is 1.08 bits per heavy atom. The number of anilines is 1. The van der Waals surface area contributed by atoms with Gasteiger partial charge in [0.15, 0.2) is 11.5 Å². The highest BCUT2D eigenvalue weighted by Crippen LogP contribution is 2.30. The average molecular weight is 325 g/mol. The number of nitrogens with one attached hydrogen (secondary N) is 1. The summed E-state index contributed by atoms with van der Waals surface area (Å²) in [6.45, 7) is 3.80. The van der Waals surface area contributed by atoms with Gasteiger partial charge in [0.2, 0.25) is 0 Å². The van der Waals surface area contributed by atoms with Gasteiger partial charge in [-0.3, -0.25) is 9.20 Å². The van der Waals surface area contributed by atoms with Crippen LogP contribution in [0.15, 0.2) is 36.5 Å². The van der Waals surface area contributed by atoms with Crippen molar-refractivity contribution in [3.05, 3.63) is 53.5 Å². The maximum atomic E-state index is 12.7. The summed E-state index contributed by atoms with van der Waals surface area (Å²) < 4.78 is 12.3. The van der Waals surface area contributed by atoms with Crippen molar-refractivity contribution in [2.24, 2.45) is 0 Å². The van der Waals surface area contributed by atoms with Gasteiger partial charge in [0, 0.05) is 18.0 Å². The molecule has 0 saturated heterocycles. The van der Waals surface area contributed by atoms with Crippen LogP contribution in [0.2, 0.25) is 0 Å². The number of benzene rings is 1. The highest BCUT2D eigenvalue weighted by Gasteiger charge is 2.17. The van der Waals surface area contributed by atoms with Crippen molar-refractivity contribution in [2.75, 3.05) is 19.5 Å². The number of nitrogens with zero attached hydrogens (tertiary/aromatic N) is 2. The van der Waals surface area contributed by atoms with Crippen LogP contribution in [0, 0.1) is 13.8 Å². The second-order valence-electron chi connectivity index (χ2n) is 5.50. The minimum absolute atomic E-state index is 0.224. The van der Waals surface area contributed by atoms with Gasteiger partial charge < -0.3 is 14.8 Å². The van der Waals surface area contributed by atoms with Crippen molar-refractivity contribution in [2.45, 2.75) is 13.8 Å². The van der Waals surface area contributed by atoms with E-state index in [0.717, 1.165) is 11.2 Å². The Hall–Kier alpha value is -3.02. The highest BCUT2D eigenvalue weighted by atomic mass is 16.5. The van der Waals surface area contributed by atoms with Crippen molar-refractivity contribution in [1.82, 2.24) is 9.38 Å². The summed E-state index contributed by atoms with van der Waals surface area (Å²) in [4.78, 5) is 17.2. The van der Waals surface area contributed by atoms with Crippen LogP contribution >= 0.6 is 0 Å². The number of amides is 1.